The quantitative estimate of drug-likeness (QED) is 0.766. The van der Waals surface area contributed by atoms with Crippen LogP contribution >= 0.6 is 24.8 Å². The van der Waals surface area contributed by atoms with Gasteiger partial charge in [-0.2, -0.15) is 0 Å². The Morgan fingerprint density at radius 1 is 1.16 bits per heavy atom. The van der Waals surface area contributed by atoms with E-state index in [-0.39, 0.29) is 42.7 Å². The fourth-order valence-electron chi connectivity index (χ4n) is 2.72. The third-order valence-corrected chi connectivity index (χ3v) is 3.97. The van der Waals surface area contributed by atoms with Crippen LogP contribution in [0.2, 0.25) is 0 Å². The van der Waals surface area contributed by atoms with Crippen LogP contribution in [0.4, 0.5) is 5.69 Å². The van der Waals surface area contributed by atoms with E-state index in [4.69, 9.17) is 5.73 Å². The van der Waals surface area contributed by atoms with Crippen LogP contribution < -0.4 is 11.1 Å². The summed E-state index contributed by atoms with van der Waals surface area (Å²) in [5, 5.41) is 2.89. The number of hydrogen-bond donors (Lipinski definition) is 2. The monoisotopic (exact) mass is 390 g/mol. The van der Waals surface area contributed by atoms with Gasteiger partial charge in [-0.3, -0.25) is 14.5 Å². The number of nitrogen functional groups attached to an aromatic ring is 1. The maximum Gasteiger partial charge on any atom is 0.254 e. The summed E-state index contributed by atoms with van der Waals surface area (Å²) in [5.74, 6) is 0.0486. The molecule has 0 spiro atoms. The van der Waals surface area contributed by atoms with Gasteiger partial charge in [0.05, 0.1) is 6.54 Å². The Morgan fingerprint density at radius 2 is 1.76 bits per heavy atom. The predicted octanol–water partition coefficient (Wildman–Crippen LogP) is 1.70. The topological polar surface area (TPSA) is 78.7 Å². The van der Waals surface area contributed by atoms with E-state index in [1.54, 1.807) is 12.1 Å². The van der Waals surface area contributed by atoms with Gasteiger partial charge in [0, 0.05) is 43.5 Å². The fraction of sp³-hybridized carbons (Fsp3) is 0.529. The number of halogens is 2. The van der Waals surface area contributed by atoms with Gasteiger partial charge in [-0.05, 0) is 38.5 Å². The van der Waals surface area contributed by atoms with E-state index in [1.807, 2.05) is 31.7 Å². The molecule has 1 fully saturated rings. The van der Waals surface area contributed by atoms with E-state index in [0.29, 0.717) is 44.0 Å². The molecule has 8 heteroatoms. The van der Waals surface area contributed by atoms with Crippen molar-refractivity contribution < 1.29 is 9.59 Å². The van der Waals surface area contributed by atoms with Gasteiger partial charge < -0.3 is 16.0 Å². The number of anilines is 1. The second-order valence-electron chi connectivity index (χ2n) is 6.36. The lowest BCUT2D eigenvalue weighted by Crippen LogP contribution is -2.51. The van der Waals surface area contributed by atoms with E-state index in [0.717, 1.165) is 5.56 Å². The van der Waals surface area contributed by atoms with Gasteiger partial charge >= 0.3 is 0 Å². The van der Waals surface area contributed by atoms with Crippen molar-refractivity contribution in [2.24, 2.45) is 0 Å². The number of carbonyl (C=O) groups excluding carboxylic acids is 2. The van der Waals surface area contributed by atoms with E-state index in [2.05, 4.69) is 10.2 Å². The number of nitrogens with two attached hydrogens (primary N) is 1. The molecule has 1 heterocycles. The highest BCUT2D eigenvalue weighted by Gasteiger charge is 2.24. The Balaban J connectivity index is 0.00000288. The molecule has 1 aliphatic rings. The smallest absolute Gasteiger partial charge is 0.254 e. The second-order valence-corrected chi connectivity index (χ2v) is 6.36. The maximum atomic E-state index is 12.6. The van der Waals surface area contributed by atoms with Crippen LogP contribution in [0.15, 0.2) is 18.2 Å². The van der Waals surface area contributed by atoms with Gasteiger partial charge in [-0.15, -0.1) is 24.8 Å². The summed E-state index contributed by atoms with van der Waals surface area (Å²) in [6.07, 6.45) is 0. The highest BCUT2D eigenvalue weighted by atomic mass is 35.5. The van der Waals surface area contributed by atoms with Crippen LogP contribution in [0.1, 0.15) is 29.8 Å². The number of aryl methyl sites for hydroxylation is 1. The summed E-state index contributed by atoms with van der Waals surface area (Å²) in [7, 11) is 0. The number of nitrogens with zero attached hydrogens (tertiary/aromatic N) is 2. The number of benzene rings is 1. The third kappa shape index (κ3) is 6.72. The average molecular weight is 391 g/mol. The molecule has 0 unspecified atom stereocenters. The molecule has 0 radical (unpaired) electrons. The number of nitrogens with one attached hydrogen (secondary N) is 1. The minimum Gasteiger partial charge on any atom is -0.399 e. The van der Waals surface area contributed by atoms with E-state index < -0.39 is 0 Å². The summed E-state index contributed by atoms with van der Waals surface area (Å²) in [6, 6.07) is 5.56. The molecule has 142 valence electrons. The van der Waals surface area contributed by atoms with Crippen molar-refractivity contribution in [2.75, 3.05) is 38.5 Å². The molecule has 0 aromatic heterocycles. The molecule has 1 aromatic rings. The summed E-state index contributed by atoms with van der Waals surface area (Å²) in [6.45, 7) is 8.86. The Morgan fingerprint density at radius 3 is 2.32 bits per heavy atom. The minimum absolute atomic E-state index is 0. The summed E-state index contributed by atoms with van der Waals surface area (Å²) < 4.78 is 0. The standard InChI is InChI=1S/C17H26N4O2.2ClH/c1-12(2)19-16(22)11-20-6-8-21(9-7-20)17(23)15-10-14(18)5-4-13(15)3;;/h4-5,10,12H,6-9,11,18H2,1-3H3,(H,19,22);2*1H. The lowest BCUT2D eigenvalue weighted by atomic mass is 10.1. The second kappa shape index (κ2) is 10.5. The molecule has 0 bridgehead atoms. The Bertz CT molecular complexity index is 588. The van der Waals surface area contributed by atoms with Crippen LogP contribution in [0, 0.1) is 6.92 Å². The molecule has 0 aliphatic carbocycles. The van der Waals surface area contributed by atoms with Crippen molar-refractivity contribution in [3.05, 3.63) is 29.3 Å². The Labute approximate surface area is 161 Å². The highest BCUT2D eigenvalue weighted by molar-refractivity contribution is 5.96. The molecule has 0 saturated carbocycles. The molecule has 0 atom stereocenters. The summed E-state index contributed by atoms with van der Waals surface area (Å²) >= 11 is 0. The first-order valence-corrected chi connectivity index (χ1v) is 8.04. The first-order valence-electron chi connectivity index (χ1n) is 8.04. The van der Waals surface area contributed by atoms with Gasteiger partial charge in [0.1, 0.15) is 0 Å². The predicted molar refractivity (Wildman–Crippen MR) is 106 cm³/mol. The van der Waals surface area contributed by atoms with Gasteiger partial charge in [-0.25, -0.2) is 0 Å². The highest BCUT2D eigenvalue weighted by Crippen LogP contribution is 2.16. The molecular formula is C17H28Cl2N4O2. The molecule has 1 aliphatic heterocycles. The zero-order chi connectivity index (χ0) is 17.0. The van der Waals surface area contributed by atoms with Gasteiger partial charge in [0.25, 0.3) is 5.91 Å². The zero-order valence-electron chi connectivity index (χ0n) is 14.9. The number of amides is 2. The van der Waals surface area contributed by atoms with Gasteiger partial charge in [0.15, 0.2) is 0 Å². The summed E-state index contributed by atoms with van der Waals surface area (Å²) in [5.41, 5.74) is 7.98. The molecule has 3 N–H and O–H groups in total. The molecular weight excluding hydrogens is 363 g/mol. The lowest BCUT2D eigenvalue weighted by molar-refractivity contribution is -0.123. The largest absolute Gasteiger partial charge is 0.399 e. The molecule has 25 heavy (non-hydrogen) atoms. The van der Waals surface area contributed by atoms with Crippen LogP contribution in [0.3, 0.4) is 0 Å². The van der Waals surface area contributed by atoms with Crippen molar-refractivity contribution in [3.63, 3.8) is 0 Å². The third-order valence-electron chi connectivity index (χ3n) is 3.97. The normalized spacial score (nSPS) is 14.5. The number of piperazine rings is 1. The first kappa shape index (κ1) is 23.5. The van der Waals surface area contributed by atoms with Gasteiger partial charge in [0.2, 0.25) is 5.91 Å². The number of hydrogen-bond acceptors (Lipinski definition) is 4. The lowest BCUT2D eigenvalue weighted by Gasteiger charge is -2.34. The SMILES string of the molecule is Cc1ccc(N)cc1C(=O)N1CCN(CC(=O)NC(C)C)CC1.Cl.Cl. The zero-order valence-corrected chi connectivity index (χ0v) is 16.6. The van der Waals surface area contributed by atoms with E-state index in [9.17, 15) is 9.59 Å². The van der Waals surface area contributed by atoms with Crippen molar-refractivity contribution in [1.82, 2.24) is 15.1 Å². The summed E-state index contributed by atoms with van der Waals surface area (Å²) in [4.78, 5) is 28.3. The van der Waals surface area contributed by atoms with Gasteiger partial charge in [-0.1, -0.05) is 6.07 Å². The molecule has 1 aromatic carbocycles. The molecule has 1 saturated heterocycles. The van der Waals surface area contributed by atoms with Crippen LogP contribution in [-0.2, 0) is 4.79 Å². The van der Waals surface area contributed by atoms with Crippen molar-refractivity contribution in [1.29, 1.82) is 0 Å². The van der Waals surface area contributed by atoms with Crippen LogP contribution in [0.25, 0.3) is 0 Å². The maximum absolute atomic E-state index is 12.6. The van der Waals surface area contributed by atoms with Crippen LogP contribution in [-0.4, -0.2) is 60.4 Å². The molecule has 2 amide bonds. The van der Waals surface area contributed by atoms with Crippen molar-refractivity contribution in [2.45, 2.75) is 26.8 Å². The number of carbonyl (C=O) groups is 2. The first-order chi connectivity index (χ1) is 10.9. The Hall–Kier alpha value is -1.50. The number of rotatable bonds is 4. The van der Waals surface area contributed by atoms with Crippen molar-refractivity contribution >= 4 is 42.3 Å². The average Bonchev–Trinajstić information content (AvgIpc) is 2.49. The Kier molecular flexibility index (Phi) is 9.85. The van der Waals surface area contributed by atoms with E-state index in [1.165, 1.54) is 0 Å². The van der Waals surface area contributed by atoms with Crippen LogP contribution in [0.5, 0.6) is 0 Å². The van der Waals surface area contributed by atoms with Crippen molar-refractivity contribution in [3.8, 4) is 0 Å². The van der Waals surface area contributed by atoms with E-state index >= 15 is 0 Å². The molecule has 2 rings (SSSR count). The minimum atomic E-state index is 0. The fourth-order valence-corrected chi connectivity index (χ4v) is 2.72. The molecule has 6 nitrogen and oxygen atoms in total.